The third-order valence-corrected chi connectivity index (χ3v) is 6.80. The van der Waals surface area contributed by atoms with Gasteiger partial charge in [-0.3, -0.25) is 0 Å². The van der Waals surface area contributed by atoms with E-state index in [9.17, 15) is 0 Å². The van der Waals surface area contributed by atoms with E-state index < -0.39 is 8.11 Å². The smallest absolute Gasteiger partial charge is 0.165 e. The maximum atomic E-state index is 6.40. The molecule has 0 radical (unpaired) electrons. The van der Waals surface area contributed by atoms with Crippen molar-refractivity contribution in [1.29, 1.82) is 0 Å². The molecule has 0 heterocycles. The monoisotopic (exact) mass is 198 g/mol. The summed E-state index contributed by atoms with van der Waals surface area (Å²) in [6.07, 6.45) is 1.19. The SMILES string of the molecule is CCC(C)[SiH](Cl)c1ccccc1. The molecule has 1 aromatic carbocycles. The van der Waals surface area contributed by atoms with Crippen molar-refractivity contribution >= 4 is 24.4 Å². The summed E-state index contributed by atoms with van der Waals surface area (Å²) >= 11 is 6.40. The standard InChI is InChI=1S/C10H15ClSi/c1-3-9(2)12(11)10-7-5-4-6-8-10/h4-9,12H,3H2,1-2H3. The van der Waals surface area contributed by atoms with E-state index in [4.69, 9.17) is 11.1 Å². The summed E-state index contributed by atoms with van der Waals surface area (Å²) in [7, 11) is -1.18. The highest BCUT2D eigenvalue weighted by molar-refractivity contribution is 7.15. The van der Waals surface area contributed by atoms with Crippen molar-refractivity contribution in [3.63, 3.8) is 0 Å². The lowest BCUT2D eigenvalue weighted by Crippen LogP contribution is -2.27. The van der Waals surface area contributed by atoms with Crippen LogP contribution in [0.3, 0.4) is 0 Å². The van der Waals surface area contributed by atoms with Crippen molar-refractivity contribution in [2.45, 2.75) is 25.8 Å². The summed E-state index contributed by atoms with van der Waals surface area (Å²) in [5, 5.41) is 1.37. The van der Waals surface area contributed by atoms with Crippen LogP contribution in [0.1, 0.15) is 20.3 Å². The molecule has 0 nitrogen and oxygen atoms in total. The quantitative estimate of drug-likeness (QED) is 0.518. The Balaban J connectivity index is 2.71. The van der Waals surface area contributed by atoms with E-state index >= 15 is 0 Å². The number of hydrogen-bond acceptors (Lipinski definition) is 0. The first kappa shape index (κ1) is 9.81. The van der Waals surface area contributed by atoms with Crippen molar-refractivity contribution < 1.29 is 0 Å². The zero-order valence-electron chi connectivity index (χ0n) is 7.63. The summed E-state index contributed by atoms with van der Waals surface area (Å²) < 4.78 is 0. The van der Waals surface area contributed by atoms with Crippen molar-refractivity contribution in [3.8, 4) is 0 Å². The molecule has 0 saturated carbocycles. The summed E-state index contributed by atoms with van der Waals surface area (Å²) in [5.74, 6) is 0. The molecule has 0 aliphatic rings. The molecule has 0 aromatic heterocycles. The Kier molecular flexibility index (Phi) is 3.83. The fourth-order valence-corrected chi connectivity index (χ4v) is 3.80. The van der Waals surface area contributed by atoms with E-state index in [1.54, 1.807) is 0 Å². The molecule has 0 aliphatic heterocycles. The van der Waals surface area contributed by atoms with Gasteiger partial charge in [-0.2, -0.15) is 11.1 Å². The molecular weight excluding hydrogens is 184 g/mol. The van der Waals surface area contributed by atoms with Crippen LogP contribution in [0.4, 0.5) is 0 Å². The van der Waals surface area contributed by atoms with Gasteiger partial charge in [0.05, 0.1) is 0 Å². The van der Waals surface area contributed by atoms with E-state index in [0.717, 1.165) is 0 Å². The lowest BCUT2D eigenvalue weighted by molar-refractivity contribution is 0.870. The Morgan fingerprint density at radius 1 is 1.33 bits per heavy atom. The van der Waals surface area contributed by atoms with Crippen LogP contribution in [-0.2, 0) is 0 Å². The molecule has 0 spiro atoms. The number of halogens is 1. The van der Waals surface area contributed by atoms with Gasteiger partial charge in [0, 0.05) is 0 Å². The zero-order valence-corrected chi connectivity index (χ0v) is 9.54. The molecule has 0 bridgehead atoms. The molecule has 66 valence electrons. The van der Waals surface area contributed by atoms with Gasteiger partial charge in [0.2, 0.25) is 0 Å². The molecule has 0 saturated heterocycles. The second-order valence-electron chi connectivity index (χ2n) is 3.20. The number of benzene rings is 1. The molecule has 0 amide bonds. The van der Waals surface area contributed by atoms with Crippen molar-refractivity contribution in [2.75, 3.05) is 0 Å². The Bertz CT molecular complexity index is 223. The lowest BCUT2D eigenvalue weighted by atomic mass is 10.4. The summed E-state index contributed by atoms with van der Waals surface area (Å²) in [6, 6.07) is 10.5. The van der Waals surface area contributed by atoms with Gasteiger partial charge in [-0.25, -0.2) is 0 Å². The van der Waals surface area contributed by atoms with Crippen molar-refractivity contribution in [1.82, 2.24) is 0 Å². The van der Waals surface area contributed by atoms with Gasteiger partial charge >= 0.3 is 0 Å². The van der Waals surface area contributed by atoms with E-state index in [1.807, 2.05) is 6.07 Å². The minimum atomic E-state index is -1.18. The van der Waals surface area contributed by atoms with Gasteiger partial charge in [0.15, 0.2) is 8.11 Å². The lowest BCUT2D eigenvalue weighted by Gasteiger charge is -2.13. The molecular formula is C10H15ClSi. The highest BCUT2D eigenvalue weighted by atomic mass is 35.6. The fraction of sp³-hybridized carbons (Fsp3) is 0.400. The van der Waals surface area contributed by atoms with E-state index in [0.29, 0.717) is 5.54 Å². The van der Waals surface area contributed by atoms with Crippen LogP contribution in [0.2, 0.25) is 5.54 Å². The van der Waals surface area contributed by atoms with Gasteiger partial charge in [-0.15, -0.1) is 0 Å². The topological polar surface area (TPSA) is 0 Å². The minimum absolute atomic E-state index is 0.689. The van der Waals surface area contributed by atoms with Gasteiger partial charge in [-0.05, 0) is 10.7 Å². The van der Waals surface area contributed by atoms with E-state index in [1.165, 1.54) is 11.6 Å². The van der Waals surface area contributed by atoms with Crippen LogP contribution in [0.25, 0.3) is 0 Å². The number of rotatable bonds is 3. The van der Waals surface area contributed by atoms with Gasteiger partial charge in [-0.1, -0.05) is 50.6 Å². The van der Waals surface area contributed by atoms with Crippen LogP contribution in [-0.4, -0.2) is 8.11 Å². The molecule has 0 aliphatic carbocycles. The van der Waals surface area contributed by atoms with Crippen molar-refractivity contribution in [2.24, 2.45) is 0 Å². The summed E-state index contributed by atoms with van der Waals surface area (Å²) in [4.78, 5) is 0. The molecule has 12 heavy (non-hydrogen) atoms. The van der Waals surface area contributed by atoms with Crippen LogP contribution < -0.4 is 5.19 Å². The molecule has 1 rings (SSSR count). The predicted molar refractivity (Wildman–Crippen MR) is 58.8 cm³/mol. The second kappa shape index (κ2) is 4.68. The fourth-order valence-electron chi connectivity index (χ4n) is 1.17. The minimum Gasteiger partial charge on any atom is -0.165 e. The van der Waals surface area contributed by atoms with E-state index in [-0.39, 0.29) is 0 Å². The third kappa shape index (κ3) is 2.36. The summed E-state index contributed by atoms with van der Waals surface area (Å²) in [5.41, 5.74) is 0.689. The first-order chi connectivity index (χ1) is 5.75. The largest absolute Gasteiger partial charge is 0.174 e. The summed E-state index contributed by atoms with van der Waals surface area (Å²) in [6.45, 7) is 4.45. The Hall–Kier alpha value is -0.273. The zero-order chi connectivity index (χ0) is 8.97. The first-order valence-electron chi connectivity index (χ1n) is 4.44. The molecule has 2 atom stereocenters. The molecule has 2 heteroatoms. The normalized spacial score (nSPS) is 15.6. The third-order valence-electron chi connectivity index (χ3n) is 2.26. The highest BCUT2D eigenvalue weighted by Crippen LogP contribution is 2.16. The molecule has 0 N–H and O–H groups in total. The Labute approximate surface area is 80.9 Å². The molecule has 1 aromatic rings. The molecule has 2 unspecified atom stereocenters. The van der Waals surface area contributed by atoms with Crippen LogP contribution in [0, 0.1) is 0 Å². The van der Waals surface area contributed by atoms with E-state index in [2.05, 4.69) is 38.1 Å². The Morgan fingerprint density at radius 2 is 1.92 bits per heavy atom. The Morgan fingerprint density at radius 3 is 2.42 bits per heavy atom. The highest BCUT2D eigenvalue weighted by Gasteiger charge is 2.16. The molecule has 0 fully saturated rings. The van der Waals surface area contributed by atoms with Gasteiger partial charge in [0.25, 0.3) is 0 Å². The average molecular weight is 199 g/mol. The van der Waals surface area contributed by atoms with Crippen LogP contribution >= 0.6 is 11.1 Å². The average Bonchev–Trinajstić information content (AvgIpc) is 2.17. The maximum absolute atomic E-state index is 6.40. The maximum Gasteiger partial charge on any atom is 0.174 e. The van der Waals surface area contributed by atoms with Gasteiger partial charge < -0.3 is 0 Å². The van der Waals surface area contributed by atoms with Crippen LogP contribution in [0.5, 0.6) is 0 Å². The first-order valence-corrected chi connectivity index (χ1v) is 7.43. The second-order valence-corrected chi connectivity index (χ2v) is 7.22. The van der Waals surface area contributed by atoms with Crippen molar-refractivity contribution in [3.05, 3.63) is 30.3 Å². The van der Waals surface area contributed by atoms with Crippen LogP contribution in [0.15, 0.2) is 30.3 Å². The number of hydrogen-bond donors (Lipinski definition) is 0. The van der Waals surface area contributed by atoms with Gasteiger partial charge in [0.1, 0.15) is 0 Å². The predicted octanol–water partition coefficient (Wildman–Crippen LogP) is 2.66.